The first-order valence-corrected chi connectivity index (χ1v) is 8.74. The number of carbonyl (C=O) groups excluding carboxylic acids is 1. The van der Waals surface area contributed by atoms with E-state index in [1.54, 1.807) is 7.11 Å². The summed E-state index contributed by atoms with van der Waals surface area (Å²) < 4.78 is 5.19. The number of rotatable bonds is 5. The Morgan fingerprint density at radius 3 is 2.21 bits per heavy atom. The molecular formula is C20H22ClNO2. The summed E-state index contributed by atoms with van der Waals surface area (Å²) in [5.74, 6) is 0.884. The largest absolute Gasteiger partial charge is 0.497 e. The predicted molar refractivity (Wildman–Crippen MR) is 96.9 cm³/mol. The summed E-state index contributed by atoms with van der Waals surface area (Å²) in [6, 6.07) is 14.7. The van der Waals surface area contributed by atoms with Crippen molar-refractivity contribution >= 4 is 17.4 Å². The van der Waals surface area contributed by atoms with E-state index in [2.05, 4.69) is 4.90 Å². The van der Waals surface area contributed by atoms with Crippen molar-refractivity contribution in [3.63, 3.8) is 0 Å². The van der Waals surface area contributed by atoms with Crippen LogP contribution in [0.4, 0.5) is 0 Å². The molecule has 1 saturated heterocycles. The van der Waals surface area contributed by atoms with E-state index in [1.165, 1.54) is 6.42 Å². The average Bonchev–Trinajstić information content (AvgIpc) is 2.64. The van der Waals surface area contributed by atoms with Gasteiger partial charge in [-0.2, -0.15) is 0 Å². The van der Waals surface area contributed by atoms with Crippen LogP contribution in [0.25, 0.3) is 0 Å². The molecule has 24 heavy (non-hydrogen) atoms. The second-order valence-electron chi connectivity index (χ2n) is 6.14. The van der Waals surface area contributed by atoms with E-state index in [9.17, 15) is 4.79 Å². The van der Waals surface area contributed by atoms with Crippen LogP contribution >= 0.6 is 11.6 Å². The smallest absolute Gasteiger partial charge is 0.184 e. The van der Waals surface area contributed by atoms with Crippen molar-refractivity contribution in [1.82, 2.24) is 4.90 Å². The summed E-state index contributed by atoms with van der Waals surface area (Å²) in [7, 11) is 1.63. The van der Waals surface area contributed by atoms with Crippen LogP contribution < -0.4 is 4.74 Å². The number of Topliss-reactive ketones (excluding diaryl/α,β-unsaturated/α-hetero) is 1. The second-order valence-corrected chi connectivity index (χ2v) is 6.58. The monoisotopic (exact) mass is 343 g/mol. The zero-order chi connectivity index (χ0) is 16.9. The third kappa shape index (κ3) is 3.80. The first-order valence-electron chi connectivity index (χ1n) is 8.37. The van der Waals surface area contributed by atoms with E-state index >= 15 is 0 Å². The van der Waals surface area contributed by atoms with Crippen LogP contribution in [0.1, 0.15) is 41.2 Å². The van der Waals surface area contributed by atoms with E-state index in [0.29, 0.717) is 10.6 Å². The molecule has 2 aromatic carbocycles. The van der Waals surface area contributed by atoms with E-state index in [1.807, 2.05) is 48.5 Å². The molecule has 1 fully saturated rings. The van der Waals surface area contributed by atoms with E-state index < -0.39 is 0 Å². The number of methoxy groups -OCH3 is 1. The van der Waals surface area contributed by atoms with Gasteiger partial charge in [0.1, 0.15) is 5.75 Å². The van der Waals surface area contributed by atoms with E-state index in [0.717, 1.165) is 37.2 Å². The fraction of sp³-hybridized carbons (Fsp3) is 0.350. The van der Waals surface area contributed by atoms with Gasteiger partial charge < -0.3 is 4.74 Å². The highest BCUT2D eigenvalue weighted by Gasteiger charge is 2.29. The SMILES string of the molecule is COc1ccc(C(=O)C(c2ccc(Cl)cc2)N2CCCCC2)cc1. The Hall–Kier alpha value is -1.84. The number of hydrogen-bond donors (Lipinski definition) is 0. The molecule has 0 spiro atoms. The molecule has 1 aliphatic heterocycles. The fourth-order valence-corrected chi connectivity index (χ4v) is 3.39. The number of hydrogen-bond acceptors (Lipinski definition) is 3. The molecule has 3 rings (SSSR count). The lowest BCUT2D eigenvalue weighted by molar-refractivity contribution is 0.0782. The molecule has 1 heterocycles. The van der Waals surface area contributed by atoms with Gasteiger partial charge in [0, 0.05) is 10.6 Å². The number of ether oxygens (including phenoxy) is 1. The van der Waals surface area contributed by atoms with Gasteiger partial charge in [0.25, 0.3) is 0 Å². The molecule has 4 heteroatoms. The Balaban J connectivity index is 1.92. The summed E-state index contributed by atoms with van der Waals surface area (Å²) in [5.41, 5.74) is 1.71. The Labute approximate surface area is 148 Å². The Morgan fingerprint density at radius 2 is 1.62 bits per heavy atom. The highest BCUT2D eigenvalue weighted by Crippen LogP contribution is 2.29. The molecule has 126 valence electrons. The number of piperidine rings is 1. The number of halogens is 1. The number of nitrogens with zero attached hydrogens (tertiary/aromatic N) is 1. The van der Waals surface area contributed by atoms with Crippen molar-refractivity contribution in [1.29, 1.82) is 0 Å². The van der Waals surface area contributed by atoms with Gasteiger partial charge in [0.2, 0.25) is 0 Å². The first-order chi connectivity index (χ1) is 11.7. The number of carbonyl (C=O) groups is 1. The van der Waals surface area contributed by atoms with Crippen LogP contribution in [0.2, 0.25) is 5.02 Å². The van der Waals surface area contributed by atoms with Gasteiger partial charge in [-0.05, 0) is 67.9 Å². The van der Waals surface area contributed by atoms with Crippen molar-refractivity contribution in [2.45, 2.75) is 25.3 Å². The number of likely N-dealkylation sites (tertiary alicyclic amines) is 1. The van der Waals surface area contributed by atoms with Gasteiger partial charge in [-0.15, -0.1) is 0 Å². The second kappa shape index (κ2) is 7.82. The van der Waals surface area contributed by atoms with Crippen molar-refractivity contribution in [2.75, 3.05) is 20.2 Å². The highest BCUT2D eigenvalue weighted by atomic mass is 35.5. The lowest BCUT2D eigenvalue weighted by atomic mass is 9.94. The average molecular weight is 344 g/mol. The zero-order valence-electron chi connectivity index (χ0n) is 13.9. The molecule has 0 aromatic heterocycles. The maximum Gasteiger partial charge on any atom is 0.184 e. The third-order valence-electron chi connectivity index (χ3n) is 4.56. The van der Waals surface area contributed by atoms with Crippen molar-refractivity contribution in [3.8, 4) is 5.75 Å². The summed E-state index contributed by atoms with van der Waals surface area (Å²) >= 11 is 6.02. The molecule has 0 N–H and O–H groups in total. The van der Waals surface area contributed by atoms with Gasteiger partial charge in [-0.3, -0.25) is 9.69 Å². The first kappa shape index (κ1) is 17.0. The number of ketones is 1. The molecule has 1 unspecified atom stereocenters. The maximum atomic E-state index is 13.2. The molecule has 0 bridgehead atoms. The molecule has 3 nitrogen and oxygen atoms in total. The minimum atomic E-state index is -0.254. The van der Waals surface area contributed by atoms with Crippen molar-refractivity contribution < 1.29 is 9.53 Å². The standard InChI is InChI=1S/C20H22ClNO2/c1-24-18-11-7-16(8-12-18)20(23)19(22-13-3-2-4-14-22)15-5-9-17(21)10-6-15/h5-12,19H,2-4,13-14H2,1H3. The van der Waals surface area contributed by atoms with Crippen molar-refractivity contribution in [2.24, 2.45) is 0 Å². The normalized spacial score (nSPS) is 16.6. The van der Waals surface area contributed by atoms with Crippen LogP contribution in [-0.2, 0) is 0 Å². The maximum absolute atomic E-state index is 13.2. The fourth-order valence-electron chi connectivity index (χ4n) is 3.26. The number of benzene rings is 2. The molecule has 2 aromatic rings. The van der Waals surface area contributed by atoms with Crippen LogP contribution in [0, 0.1) is 0 Å². The summed E-state index contributed by atoms with van der Waals surface area (Å²) in [6.07, 6.45) is 3.51. The molecule has 0 amide bonds. The van der Waals surface area contributed by atoms with Crippen LogP contribution in [0.3, 0.4) is 0 Å². The molecule has 0 saturated carbocycles. The van der Waals surface area contributed by atoms with Crippen LogP contribution in [-0.4, -0.2) is 30.9 Å². The Kier molecular flexibility index (Phi) is 5.54. The summed E-state index contributed by atoms with van der Waals surface area (Å²) in [6.45, 7) is 1.91. The lowest BCUT2D eigenvalue weighted by Gasteiger charge is -2.34. The Bertz CT molecular complexity index is 676. The highest BCUT2D eigenvalue weighted by molar-refractivity contribution is 6.30. The van der Waals surface area contributed by atoms with Gasteiger partial charge >= 0.3 is 0 Å². The van der Waals surface area contributed by atoms with Gasteiger partial charge in [-0.25, -0.2) is 0 Å². The van der Waals surface area contributed by atoms with E-state index in [-0.39, 0.29) is 11.8 Å². The van der Waals surface area contributed by atoms with Crippen LogP contribution in [0.15, 0.2) is 48.5 Å². The summed E-state index contributed by atoms with van der Waals surface area (Å²) in [5, 5.41) is 0.688. The zero-order valence-corrected chi connectivity index (χ0v) is 14.6. The predicted octanol–water partition coefficient (Wildman–Crippen LogP) is 4.76. The Morgan fingerprint density at radius 1 is 1.00 bits per heavy atom. The van der Waals surface area contributed by atoms with E-state index in [4.69, 9.17) is 16.3 Å². The molecule has 1 atom stereocenters. The molecule has 0 radical (unpaired) electrons. The third-order valence-corrected chi connectivity index (χ3v) is 4.82. The minimum Gasteiger partial charge on any atom is -0.497 e. The molecule has 0 aliphatic carbocycles. The molecule has 1 aliphatic rings. The van der Waals surface area contributed by atoms with Gasteiger partial charge in [0.05, 0.1) is 13.2 Å². The minimum absolute atomic E-state index is 0.127. The summed E-state index contributed by atoms with van der Waals surface area (Å²) in [4.78, 5) is 15.5. The quantitative estimate of drug-likeness (QED) is 0.733. The van der Waals surface area contributed by atoms with Gasteiger partial charge in [0.15, 0.2) is 5.78 Å². The molecular weight excluding hydrogens is 322 g/mol. The lowest BCUT2D eigenvalue weighted by Crippen LogP contribution is -2.38. The van der Waals surface area contributed by atoms with Crippen molar-refractivity contribution in [3.05, 3.63) is 64.7 Å². The van der Waals surface area contributed by atoms with Crippen LogP contribution in [0.5, 0.6) is 5.75 Å². The topological polar surface area (TPSA) is 29.5 Å². The van der Waals surface area contributed by atoms with Gasteiger partial charge in [-0.1, -0.05) is 30.2 Å².